The van der Waals surface area contributed by atoms with E-state index in [1.54, 1.807) is 19.1 Å². The Morgan fingerprint density at radius 1 is 1.27 bits per heavy atom. The van der Waals surface area contributed by atoms with Gasteiger partial charge in [0.2, 0.25) is 5.91 Å². The molecule has 1 aromatic rings. The highest BCUT2D eigenvalue weighted by Crippen LogP contribution is 2.25. The Labute approximate surface area is 93.4 Å². The van der Waals surface area contributed by atoms with Crippen molar-refractivity contribution in [2.24, 2.45) is 0 Å². The summed E-state index contributed by atoms with van der Waals surface area (Å²) in [5.41, 5.74) is 1.87. The minimum absolute atomic E-state index is 0.0770. The summed E-state index contributed by atoms with van der Waals surface area (Å²) < 4.78 is 0. The number of hydrogen-bond donors (Lipinski definition) is 1. The second-order valence-electron chi connectivity index (χ2n) is 3.39. The number of benzene rings is 1. The molecule has 4 heteroatoms. The minimum atomic E-state index is -0.166. The maximum Gasteiger partial charge on any atom is 0.221 e. The molecule has 0 bridgehead atoms. The molecule has 3 nitrogen and oxygen atoms in total. The molecule has 1 amide bonds. The summed E-state index contributed by atoms with van der Waals surface area (Å²) >= 11 is 5.94. The van der Waals surface area contributed by atoms with Gasteiger partial charge in [-0.1, -0.05) is 11.6 Å². The minimum Gasteiger partial charge on any atom is -0.326 e. The zero-order chi connectivity index (χ0) is 11.6. The quantitative estimate of drug-likeness (QED) is 0.787. The van der Waals surface area contributed by atoms with Gasteiger partial charge in [-0.15, -0.1) is 0 Å². The van der Waals surface area contributed by atoms with Crippen LogP contribution in [0.2, 0.25) is 5.02 Å². The molecule has 0 saturated heterocycles. The Balaban J connectivity index is 3.19. The van der Waals surface area contributed by atoms with E-state index in [1.165, 1.54) is 13.8 Å². The average Bonchev–Trinajstić information content (AvgIpc) is 1.99. The smallest absolute Gasteiger partial charge is 0.221 e. The fourth-order valence-corrected chi connectivity index (χ4v) is 1.87. The average molecular weight is 226 g/mol. The van der Waals surface area contributed by atoms with E-state index in [4.69, 9.17) is 11.6 Å². The second-order valence-corrected chi connectivity index (χ2v) is 3.79. The third kappa shape index (κ3) is 2.80. The number of rotatable bonds is 2. The molecule has 0 aromatic heterocycles. The lowest BCUT2D eigenvalue weighted by Crippen LogP contribution is -2.07. The molecule has 1 aromatic carbocycles. The Hall–Kier alpha value is -1.35. The number of amides is 1. The number of hydrogen-bond acceptors (Lipinski definition) is 2. The molecule has 15 heavy (non-hydrogen) atoms. The third-order valence-corrected chi connectivity index (χ3v) is 2.26. The van der Waals surface area contributed by atoms with E-state index in [9.17, 15) is 9.59 Å². The van der Waals surface area contributed by atoms with Gasteiger partial charge in [0.1, 0.15) is 0 Å². The molecule has 0 atom stereocenters. The highest BCUT2D eigenvalue weighted by molar-refractivity contribution is 6.34. The molecule has 0 spiro atoms. The van der Waals surface area contributed by atoms with Gasteiger partial charge in [-0.3, -0.25) is 9.59 Å². The van der Waals surface area contributed by atoms with Crippen molar-refractivity contribution in [2.75, 3.05) is 5.32 Å². The van der Waals surface area contributed by atoms with Gasteiger partial charge < -0.3 is 5.32 Å². The van der Waals surface area contributed by atoms with Gasteiger partial charge in [-0.05, 0) is 31.5 Å². The molecule has 1 N–H and O–H groups in total. The van der Waals surface area contributed by atoms with Crippen molar-refractivity contribution in [3.8, 4) is 0 Å². The van der Waals surface area contributed by atoms with Crippen molar-refractivity contribution in [1.29, 1.82) is 0 Å². The summed E-state index contributed by atoms with van der Waals surface area (Å²) in [6.07, 6.45) is 0. The summed E-state index contributed by atoms with van der Waals surface area (Å²) in [6, 6.07) is 3.30. The Morgan fingerprint density at radius 2 is 1.87 bits per heavy atom. The lowest BCUT2D eigenvalue weighted by Gasteiger charge is -2.08. The number of Topliss-reactive ketones (excluding diaryl/α,β-unsaturated/α-hetero) is 1. The third-order valence-electron chi connectivity index (χ3n) is 1.96. The largest absolute Gasteiger partial charge is 0.326 e. The van der Waals surface area contributed by atoms with Gasteiger partial charge in [-0.25, -0.2) is 0 Å². The second kappa shape index (κ2) is 4.45. The summed E-state index contributed by atoms with van der Waals surface area (Å²) in [5, 5.41) is 2.98. The van der Waals surface area contributed by atoms with Crippen LogP contribution in [0.1, 0.15) is 29.8 Å². The monoisotopic (exact) mass is 225 g/mol. The van der Waals surface area contributed by atoms with Crippen molar-refractivity contribution in [2.45, 2.75) is 20.8 Å². The van der Waals surface area contributed by atoms with Gasteiger partial charge in [0.25, 0.3) is 0 Å². The molecule has 0 heterocycles. The maximum absolute atomic E-state index is 11.2. The topological polar surface area (TPSA) is 46.2 Å². The summed E-state index contributed by atoms with van der Waals surface area (Å²) in [4.78, 5) is 22.1. The SMILES string of the molecule is CC(=O)Nc1cc(C)c(C(C)=O)c(Cl)c1. The van der Waals surface area contributed by atoms with Crippen LogP contribution in [0.4, 0.5) is 5.69 Å². The van der Waals surface area contributed by atoms with E-state index >= 15 is 0 Å². The van der Waals surface area contributed by atoms with Crippen molar-refractivity contribution < 1.29 is 9.59 Å². The van der Waals surface area contributed by atoms with E-state index in [1.807, 2.05) is 0 Å². The van der Waals surface area contributed by atoms with Crippen molar-refractivity contribution in [3.63, 3.8) is 0 Å². The van der Waals surface area contributed by atoms with Crippen LogP contribution in [0.5, 0.6) is 0 Å². The van der Waals surface area contributed by atoms with Crippen LogP contribution in [0.3, 0.4) is 0 Å². The zero-order valence-corrected chi connectivity index (χ0v) is 9.61. The molecule has 0 aliphatic carbocycles. The fourth-order valence-electron chi connectivity index (χ4n) is 1.47. The van der Waals surface area contributed by atoms with E-state index < -0.39 is 0 Å². The van der Waals surface area contributed by atoms with E-state index in [0.29, 0.717) is 16.3 Å². The van der Waals surface area contributed by atoms with Crippen LogP contribution < -0.4 is 5.32 Å². The van der Waals surface area contributed by atoms with Gasteiger partial charge in [0.05, 0.1) is 5.02 Å². The summed E-state index contributed by atoms with van der Waals surface area (Å²) in [5.74, 6) is -0.243. The van der Waals surface area contributed by atoms with Crippen LogP contribution in [-0.4, -0.2) is 11.7 Å². The number of halogens is 1. The molecule has 0 aliphatic rings. The lowest BCUT2D eigenvalue weighted by molar-refractivity contribution is -0.114. The Kier molecular flexibility index (Phi) is 3.48. The number of carbonyl (C=O) groups excluding carboxylic acids is 2. The highest BCUT2D eigenvalue weighted by atomic mass is 35.5. The van der Waals surface area contributed by atoms with Crippen LogP contribution in [-0.2, 0) is 4.79 Å². The van der Waals surface area contributed by atoms with Gasteiger partial charge in [0, 0.05) is 18.2 Å². The van der Waals surface area contributed by atoms with Crippen LogP contribution in [0.25, 0.3) is 0 Å². The number of anilines is 1. The molecular formula is C11H12ClNO2. The molecule has 0 radical (unpaired) electrons. The van der Waals surface area contributed by atoms with Crippen LogP contribution in [0, 0.1) is 6.92 Å². The van der Waals surface area contributed by atoms with E-state index in [0.717, 1.165) is 5.56 Å². The van der Waals surface area contributed by atoms with Crippen LogP contribution in [0.15, 0.2) is 12.1 Å². The number of ketones is 1. The first kappa shape index (κ1) is 11.7. The standard InChI is InChI=1S/C11H12ClNO2/c1-6-4-9(13-8(3)15)5-10(12)11(6)7(2)14/h4-5H,1-3H3,(H,13,15). The number of aryl methyl sites for hydroxylation is 1. The number of carbonyl (C=O) groups is 2. The molecule has 0 unspecified atom stereocenters. The first-order chi connectivity index (χ1) is 6.91. The van der Waals surface area contributed by atoms with Gasteiger partial charge in [0.15, 0.2) is 5.78 Å². The summed E-state index contributed by atoms with van der Waals surface area (Å²) in [7, 11) is 0. The number of nitrogens with one attached hydrogen (secondary N) is 1. The molecular weight excluding hydrogens is 214 g/mol. The van der Waals surface area contributed by atoms with Gasteiger partial charge >= 0.3 is 0 Å². The zero-order valence-electron chi connectivity index (χ0n) is 8.85. The first-order valence-electron chi connectivity index (χ1n) is 4.50. The van der Waals surface area contributed by atoms with Gasteiger partial charge in [-0.2, -0.15) is 0 Å². The predicted octanol–water partition coefficient (Wildman–Crippen LogP) is 2.81. The molecule has 80 valence electrons. The predicted molar refractivity (Wildman–Crippen MR) is 60.5 cm³/mol. The molecule has 0 fully saturated rings. The fraction of sp³-hybridized carbons (Fsp3) is 0.273. The lowest BCUT2D eigenvalue weighted by atomic mass is 10.0. The maximum atomic E-state index is 11.2. The highest BCUT2D eigenvalue weighted by Gasteiger charge is 2.11. The Morgan fingerprint density at radius 3 is 2.27 bits per heavy atom. The van der Waals surface area contributed by atoms with Crippen molar-refractivity contribution in [1.82, 2.24) is 0 Å². The van der Waals surface area contributed by atoms with Crippen molar-refractivity contribution >= 4 is 29.0 Å². The van der Waals surface area contributed by atoms with E-state index in [2.05, 4.69) is 5.32 Å². The van der Waals surface area contributed by atoms with Crippen LogP contribution >= 0.6 is 11.6 Å². The molecule has 0 aliphatic heterocycles. The Bertz CT molecular complexity index is 404. The normalized spacial score (nSPS) is 9.87. The van der Waals surface area contributed by atoms with E-state index in [-0.39, 0.29) is 11.7 Å². The molecule has 1 rings (SSSR count). The first-order valence-corrected chi connectivity index (χ1v) is 4.88. The summed E-state index contributed by atoms with van der Waals surface area (Å²) in [6.45, 7) is 4.67. The molecule has 0 saturated carbocycles. The van der Waals surface area contributed by atoms with Crippen molar-refractivity contribution in [3.05, 3.63) is 28.3 Å².